The number of carbonyl (C=O) groups is 1. The number of nitrogens with zero attached hydrogens (tertiary/aromatic N) is 3. The second kappa shape index (κ2) is 9.46. The number of hydrogen-bond donors (Lipinski definition) is 2. The van der Waals surface area contributed by atoms with Gasteiger partial charge in [0.05, 0.1) is 18.3 Å². The topological polar surface area (TPSA) is 70.2 Å². The fraction of sp³-hybridized carbons (Fsp3) is 0.346. The zero-order valence-corrected chi connectivity index (χ0v) is 19.0. The molecule has 34 heavy (non-hydrogen) atoms. The molecule has 5 rings (SSSR count). The molecular formula is C26H27F2N5O. The van der Waals surface area contributed by atoms with Crippen LogP contribution < -0.4 is 10.6 Å². The van der Waals surface area contributed by atoms with E-state index in [1.54, 1.807) is 11.0 Å². The van der Waals surface area contributed by atoms with Gasteiger partial charge >= 0.3 is 6.03 Å². The van der Waals surface area contributed by atoms with Gasteiger partial charge in [0.2, 0.25) is 0 Å². The third kappa shape index (κ3) is 4.63. The second-order valence-electron chi connectivity index (χ2n) is 9.03. The molecule has 8 heteroatoms. The molecule has 0 saturated carbocycles. The number of amides is 2. The van der Waals surface area contributed by atoms with Crippen molar-refractivity contribution in [2.24, 2.45) is 0 Å². The first kappa shape index (κ1) is 22.4. The predicted octanol–water partition coefficient (Wildman–Crippen LogP) is 3.48. The third-order valence-corrected chi connectivity index (χ3v) is 6.79. The summed E-state index contributed by atoms with van der Waals surface area (Å²) in [6.45, 7) is 4.23. The summed E-state index contributed by atoms with van der Waals surface area (Å²) in [5.74, 6) is -1.12. The SMILES string of the molecule is Cc1ccccc1Cc1ncc2c(n1)CN(C(=O)N[C@@H]1CNC[C@H]1c1ccc(F)c(F)c1)CC2. The predicted molar refractivity (Wildman–Crippen MR) is 124 cm³/mol. The van der Waals surface area contributed by atoms with Crippen LogP contribution >= 0.6 is 0 Å². The molecule has 0 spiro atoms. The molecule has 1 aromatic heterocycles. The minimum atomic E-state index is -0.872. The molecule has 2 N–H and O–H groups in total. The summed E-state index contributed by atoms with van der Waals surface area (Å²) in [6.07, 6.45) is 3.23. The molecule has 2 aliphatic rings. The Balaban J connectivity index is 1.26. The second-order valence-corrected chi connectivity index (χ2v) is 9.03. The lowest BCUT2D eigenvalue weighted by Crippen LogP contribution is -2.48. The molecule has 0 bridgehead atoms. The molecule has 3 aromatic rings. The monoisotopic (exact) mass is 463 g/mol. The number of rotatable bonds is 4. The Morgan fingerprint density at radius 3 is 2.85 bits per heavy atom. The van der Waals surface area contributed by atoms with Crippen molar-refractivity contribution in [3.05, 3.63) is 94.1 Å². The van der Waals surface area contributed by atoms with E-state index in [0.29, 0.717) is 44.6 Å². The van der Waals surface area contributed by atoms with Gasteiger partial charge in [0.15, 0.2) is 11.6 Å². The van der Waals surface area contributed by atoms with Gasteiger partial charge in [0.25, 0.3) is 0 Å². The van der Waals surface area contributed by atoms with Crippen LogP contribution in [0.1, 0.15) is 39.7 Å². The van der Waals surface area contributed by atoms with E-state index in [0.717, 1.165) is 23.1 Å². The van der Waals surface area contributed by atoms with E-state index in [-0.39, 0.29) is 18.0 Å². The molecule has 1 fully saturated rings. The molecular weight excluding hydrogens is 436 g/mol. The summed E-state index contributed by atoms with van der Waals surface area (Å²) >= 11 is 0. The van der Waals surface area contributed by atoms with Crippen LogP contribution in [0.3, 0.4) is 0 Å². The highest BCUT2D eigenvalue weighted by atomic mass is 19.2. The number of fused-ring (bicyclic) bond motifs is 1. The maximum Gasteiger partial charge on any atom is 0.318 e. The van der Waals surface area contributed by atoms with Crippen molar-refractivity contribution in [1.82, 2.24) is 25.5 Å². The molecule has 1 saturated heterocycles. The Hall–Kier alpha value is -3.39. The van der Waals surface area contributed by atoms with Gasteiger partial charge in [0.1, 0.15) is 5.82 Å². The zero-order valence-electron chi connectivity index (χ0n) is 19.0. The number of carbonyl (C=O) groups excluding carboxylic acids is 1. The highest BCUT2D eigenvalue weighted by molar-refractivity contribution is 5.75. The number of aromatic nitrogens is 2. The minimum absolute atomic E-state index is 0.126. The van der Waals surface area contributed by atoms with Crippen LogP contribution in [0.5, 0.6) is 0 Å². The Morgan fingerprint density at radius 2 is 2.03 bits per heavy atom. The van der Waals surface area contributed by atoms with Crippen molar-refractivity contribution in [2.75, 3.05) is 19.6 Å². The summed E-state index contributed by atoms with van der Waals surface area (Å²) in [6, 6.07) is 11.7. The average molecular weight is 464 g/mol. The molecule has 2 aliphatic heterocycles. The number of hydrogen-bond acceptors (Lipinski definition) is 4. The molecule has 2 atom stereocenters. The van der Waals surface area contributed by atoms with Crippen LogP contribution in [0.2, 0.25) is 0 Å². The van der Waals surface area contributed by atoms with Gasteiger partial charge in [-0.25, -0.2) is 23.5 Å². The summed E-state index contributed by atoms with van der Waals surface area (Å²) in [7, 11) is 0. The summed E-state index contributed by atoms with van der Waals surface area (Å²) in [5.41, 5.74) is 5.00. The highest BCUT2D eigenvalue weighted by Crippen LogP contribution is 2.25. The van der Waals surface area contributed by atoms with Gasteiger partial charge in [-0.15, -0.1) is 0 Å². The van der Waals surface area contributed by atoms with Crippen LogP contribution in [-0.4, -0.2) is 46.6 Å². The van der Waals surface area contributed by atoms with Crippen molar-refractivity contribution in [3.8, 4) is 0 Å². The smallest absolute Gasteiger partial charge is 0.318 e. The average Bonchev–Trinajstić information content (AvgIpc) is 3.30. The largest absolute Gasteiger partial charge is 0.333 e. The van der Waals surface area contributed by atoms with Crippen molar-refractivity contribution >= 4 is 6.03 Å². The number of halogens is 2. The van der Waals surface area contributed by atoms with Crippen molar-refractivity contribution in [3.63, 3.8) is 0 Å². The van der Waals surface area contributed by atoms with E-state index < -0.39 is 11.6 Å². The van der Waals surface area contributed by atoms with Gasteiger partial charge in [-0.2, -0.15) is 0 Å². The maximum absolute atomic E-state index is 13.7. The Bertz CT molecular complexity index is 1220. The lowest BCUT2D eigenvalue weighted by atomic mass is 9.94. The standard InChI is InChI=1S/C26H27F2N5O/c1-16-4-2-3-5-17(16)11-25-30-12-19-8-9-33(15-24(19)31-25)26(34)32-23-14-29-13-20(23)18-6-7-21(27)22(28)10-18/h2-7,10,12,20,23,29H,8-9,11,13-15H2,1H3,(H,32,34)/t20-,23+/m0/s1. The van der Waals surface area contributed by atoms with Gasteiger partial charge in [-0.1, -0.05) is 30.3 Å². The van der Waals surface area contributed by atoms with E-state index in [4.69, 9.17) is 4.98 Å². The number of urea groups is 1. The lowest BCUT2D eigenvalue weighted by molar-refractivity contribution is 0.187. The maximum atomic E-state index is 13.7. The lowest BCUT2D eigenvalue weighted by Gasteiger charge is -2.30. The first-order chi connectivity index (χ1) is 16.5. The molecule has 2 aromatic carbocycles. The number of benzene rings is 2. The van der Waals surface area contributed by atoms with Gasteiger partial charge in [0, 0.05) is 38.2 Å². The first-order valence-electron chi connectivity index (χ1n) is 11.6. The Kier molecular flexibility index (Phi) is 6.24. The van der Waals surface area contributed by atoms with Crippen LogP contribution in [0.15, 0.2) is 48.7 Å². The van der Waals surface area contributed by atoms with Crippen LogP contribution in [0.4, 0.5) is 13.6 Å². The van der Waals surface area contributed by atoms with E-state index in [1.165, 1.54) is 17.2 Å². The van der Waals surface area contributed by atoms with Crippen LogP contribution in [0.25, 0.3) is 0 Å². The Morgan fingerprint density at radius 1 is 1.18 bits per heavy atom. The number of aryl methyl sites for hydroxylation is 1. The number of nitrogens with one attached hydrogen (secondary N) is 2. The van der Waals surface area contributed by atoms with E-state index in [1.807, 2.05) is 18.3 Å². The fourth-order valence-electron chi connectivity index (χ4n) is 4.76. The summed E-state index contributed by atoms with van der Waals surface area (Å²) in [5, 5.41) is 6.33. The first-order valence-corrected chi connectivity index (χ1v) is 11.6. The minimum Gasteiger partial charge on any atom is -0.333 e. The molecule has 0 aliphatic carbocycles. The van der Waals surface area contributed by atoms with Crippen molar-refractivity contribution in [1.29, 1.82) is 0 Å². The third-order valence-electron chi connectivity index (χ3n) is 6.79. The van der Waals surface area contributed by atoms with Gasteiger partial charge < -0.3 is 15.5 Å². The summed E-state index contributed by atoms with van der Waals surface area (Å²) < 4.78 is 27.1. The molecule has 3 heterocycles. The van der Waals surface area contributed by atoms with Crippen LogP contribution in [0, 0.1) is 18.6 Å². The molecule has 176 valence electrons. The molecule has 2 amide bonds. The quantitative estimate of drug-likeness (QED) is 0.622. The normalized spacial score (nSPS) is 19.7. The molecule has 6 nitrogen and oxygen atoms in total. The van der Waals surface area contributed by atoms with Crippen LogP contribution in [-0.2, 0) is 19.4 Å². The summed E-state index contributed by atoms with van der Waals surface area (Å²) in [4.78, 5) is 24.2. The van der Waals surface area contributed by atoms with Gasteiger partial charge in [-0.05, 0) is 47.7 Å². The molecule has 0 radical (unpaired) electrons. The Labute approximate surface area is 197 Å². The molecule has 0 unspecified atom stereocenters. The van der Waals surface area contributed by atoms with E-state index in [9.17, 15) is 13.6 Å². The highest BCUT2D eigenvalue weighted by Gasteiger charge is 2.32. The zero-order chi connectivity index (χ0) is 23.7. The van der Waals surface area contributed by atoms with Crippen molar-refractivity contribution < 1.29 is 13.6 Å². The van der Waals surface area contributed by atoms with Crippen molar-refractivity contribution in [2.45, 2.75) is 38.3 Å². The fourth-order valence-corrected chi connectivity index (χ4v) is 4.76. The van der Waals surface area contributed by atoms with Gasteiger partial charge in [-0.3, -0.25) is 0 Å². The van der Waals surface area contributed by atoms with E-state index in [2.05, 4.69) is 34.7 Å². The van der Waals surface area contributed by atoms with E-state index >= 15 is 0 Å².